The Balaban J connectivity index is 1.68. The van der Waals surface area contributed by atoms with Gasteiger partial charge in [-0.05, 0) is 43.0 Å². The van der Waals surface area contributed by atoms with Crippen LogP contribution in [0.15, 0.2) is 29.3 Å². The molecule has 0 spiro atoms. The van der Waals surface area contributed by atoms with Crippen LogP contribution < -0.4 is 0 Å². The van der Waals surface area contributed by atoms with Gasteiger partial charge in [-0.2, -0.15) is 0 Å². The van der Waals surface area contributed by atoms with E-state index in [0.717, 1.165) is 12.1 Å². The van der Waals surface area contributed by atoms with Gasteiger partial charge < -0.3 is 4.74 Å². The van der Waals surface area contributed by atoms with E-state index in [4.69, 9.17) is 16.3 Å². The van der Waals surface area contributed by atoms with Crippen LogP contribution in [0.2, 0.25) is 5.02 Å². The Morgan fingerprint density at radius 1 is 1.32 bits per heavy atom. The number of aliphatic imine (C=N–C) groups is 1. The molecule has 1 aliphatic heterocycles. The molecule has 2 aliphatic rings. The molecule has 1 heterocycles. The fourth-order valence-electron chi connectivity index (χ4n) is 2.25. The molecule has 1 saturated carbocycles. The van der Waals surface area contributed by atoms with Gasteiger partial charge in [0.25, 0.3) is 0 Å². The molecule has 1 aromatic rings. The largest absolute Gasteiger partial charge is 0.418 e. The minimum absolute atomic E-state index is 0.299. The second kappa shape index (κ2) is 5.21. The number of halogens is 1. The number of hydrogen-bond donors (Lipinski definition) is 0. The highest BCUT2D eigenvalue weighted by Gasteiger charge is 2.28. The van der Waals surface area contributed by atoms with Gasteiger partial charge >= 0.3 is 6.09 Å². The Kier molecular flexibility index (Phi) is 3.42. The quantitative estimate of drug-likeness (QED) is 0.851. The Bertz CT molecular complexity index is 509. The lowest BCUT2D eigenvalue weighted by atomic mass is 9.85. The van der Waals surface area contributed by atoms with E-state index in [1.165, 1.54) is 19.3 Å². The van der Waals surface area contributed by atoms with Crippen LogP contribution >= 0.6 is 11.6 Å². The molecular formula is C14H15ClN2O2. The molecule has 0 bridgehead atoms. The SMILES string of the molecule is O=C1OC(c2ccc(Cl)cc2)=NCN1CC1CCC1. The molecule has 0 aromatic heterocycles. The standard InChI is InChI=1S/C14H15ClN2O2/c15-12-6-4-11(5-7-12)13-16-9-17(14(18)19-13)8-10-2-1-3-10/h4-7,10H,1-3,8-9H2. The fourth-order valence-corrected chi connectivity index (χ4v) is 2.37. The molecule has 19 heavy (non-hydrogen) atoms. The van der Waals surface area contributed by atoms with E-state index in [0.29, 0.717) is 23.5 Å². The zero-order valence-electron chi connectivity index (χ0n) is 10.5. The summed E-state index contributed by atoms with van der Waals surface area (Å²) < 4.78 is 5.29. The summed E-state index contributed by atoms with van der Waals surface area (Å²) in [6.07, 6.45) is 3.38. The number of amides is 1. The van der Waals surface area contributed by atoms with Gasteiger partial charge in [-0.25, -0.2) is 9.79 Å². The maximum absolute atomic E-state index is 11.9. The predicted octanol–water partition coefficient (Wildman–Crippen LogP) is 3.30. The number of rotatable bonds is 3. The Morgan fingerprint density at radius 3 is 2.63 bits per heavy atom. The fraction of sp³-hybridized carbons (Fsp3) is 0.429. The molecule has 100 valence electrons. The van der Waals surface area contributed by atoms with Crippen molar-refractivity contribution >= 4 is 23.6 Å². The van der Waals surface area contributed by atoms with Crippen LogP contribution in [0.4, 0.5) is 4.79 Å². The van der Waals surface area contributed by atoms with Crippen LogP contribution in [-0.2, 0) is 4.74 Å². The lowest BCUT2D eigenvalue weighted by molar-refractivity contribution is 0.121. The van der Waals surface area contributed by atoms with Gasteiger partial charge in [0.05, 0.1) is 0 Å². The molecule has 0 saturated heterocycles. The van der Waals surface area contributed by atoms with Crippen molar-refractivity contribution < 1.29 is 9.53 Å². The first-order valence-corrected chi connectivity index (χ1v) is 6.87. The molecule has 0 N–H and O–H groups in total. The highest BCUT2D eigenvalue weighted by atomic mass is 35.5. The van der Waals surface area contributed by atoms with Gasteiger partial charge in [-0.1, -0.05) is 18.0 Å². The zero-order chi connectivity index (χ0) is 13.2. The van der Waals surface area contributed by atoms with Gasteiger partial charge in [0.1, 0.15) is 6.67 Å². The second-order valence-electron chi connectivity index (χ2n) is 5.00. The summed E-state index contributed by atoms with van der Waals surface area (Å²) in [5, 5.41) is 0.651. The number of cyclic esters (lactones) is 1. The van der Waals surface area contributed by atoms with Crippen LogP contribution in [0.1, 0.15) is 24.8 Å². The van der Waals surface area contributed by atoms with Gasteiger partial charge in [0.15, 0.2) is 0 Å². The Hall–Kier alpha value is -1.55. The summed E-state index contributed by atoms with van der Waals surface area (Å²) in [7, 11) is 0. The Morgan fingerprint density at radius 2 is 2.05 bits per heavy atom. The van der Waals surface area contributed by atoms with Gasteiger partial charge in [0, 0.05) is 17.1 Å². The van der Waals surface area contributed by atoms with Gasteiger partial charge in [-0.3, -0.25) is 4.90 Å². The molecular weight excluding hydrogens is 264 g/mol. The van der Waals surface area contributed by atoms with Crippen molar-refractivity contribution in [2.24, 2.45) is 10.9 Å². The first-order valence-electron chi connectivity index (χ1n) is 6.49. The van der Waals surface area contributed by atoms with Crippen molar-refractivity contribution in [2.75, 3.05) is 13.2 Å². The minimum Gasteiger partial charge on any atom is -0.391 e. The molecule has 1 fully saturated rings. The summed E-state index contributed by atoms with van der Waals surface area (Å²) in [5.74, 6) is 1.01. The number of carbonyl (C=O) groups excluding carboxylic acids is 1. The van der Waals surface area contributed by atoms with Crippen molar-refractivity contribution in [3.8, 4) is 0 Å². The molecule has 0 unspecified atom stereocenters. The smallest absolute Gasteiger partial charge is 0.391 e. The lowest BCUT2D eigenvalue weighted by Crippen LogP contribution is -2.42. The maximum atomic E-state index is 11.9. The molecule has 5 heteroatoms. The summed E-state index contributed by atoms with van der Waals surface area (Å²) in [5.41, 5.74) is 0.779. The molecule has 4 nitrogen and oxygen atoms in total. The first kappa shape index (κ1) is 12.5. The number of benzene rings is 1. The van der Waals surface area contributed by atoms with Crippen LogP contribution in [0.25, 0.3) is 0 Å². The Labute approximate surface area is 117 Å². The van der Waals surface area contributed by atoms with E-state index in [1.54, 1.807) is 29.2 Å². The van der Waals surface area contributed by atoms with Crippen molar-refractivity contribution in [1.29, 1.82) is 0 Å². The van der Waals surface area contributed by atoms with Gasteiger partial charge in [-0.15, -0.1) is 0 Å². The summed E-state index contributed by atoms with van der Waals surface area (Å²) >= 11 is 5.83. The molecule has 0 radical (unpaired) electrons. The summed E-state index contributed by atoms with van der Waals surface area (Å²) in [6.45, 7) is 1.14. The van der Waals surface area contributed by atoms with Crippen LogP contribution in [-0.4, -0.2) is 30.1 Å². The third-order valence-corrected chi connectivity index (χ3v) is 3.87. The van der Waals surface area contributed by atoms with E-state index in [9.17, 15) is 4.79 Å². The predicted molar refractivity (Wildman–Crippen MR) is 73.4 cm³/mol. The maximum Gasteiger partial charge on any atom is 0.418 e. The minimum atomic E-state index is -0.299. The van der Waals surface area contributed by atoms with Crippen molar-refractivity contribution in [1.82, 2.24) is 4.90 Å². The first-order chi connectivity index (χ1) is 9.22. The third kappa shape index (κ3) is 2.73. The topological polar surface area (TPSA) is 41.9 Å². The van der Waals surface area contributed by atoms with E-state index >= 15 is 0 Å². The zero-order valence-corrected chi connectivity index (χ0v) is 11.3. The third-order valence-electron chi connectivity index (χ3n) is 3.62. The molecule has 1 aromatic carbocycles. The molecule has 0 atom stereocenters. The molecule has 1 aliphatic carbocycles. The monoisotopic (exact) mass is 278 g/mol. The van der Waals surface area contributed by atoms with Crippen LogP contribution in [0, 0.1) is 5.92 Å². The highest BCUT2D eigenvalue weighted by Crippen LogP contribution is 2.27. The normalized spacial score (nSPS) is 19.7. The molecule has 3 rings (SSSR count). The average molecular weight is 279 g/mol. The second-order valence-corrected chi connectivity index (χ2v) is 5.44. The van der Waals surface area contributed by atoms with Crippen molar-refractivity contribution in [3.63, 3.8) is 0 Å². The number of carbonyl (C=O) groups is 1. The van der Waals surface area contributed by atoms with Gasteiger partial charge in [0.2, 0.25) is 5.90 Å². The number of hydrogen-bond acceptors (Lipinski definition) is 3. The van der Waals surface area contributed by atoms with E-state index < -0.39 is 0 Å². The number of ether oxygens (including phenoxy) is 1. The summed E-state index contributed by atoms with van der Waals surface area (Å²) in [4.78, 5) is 17.9. The molecule has 1 amide bonds. The van der Waals surface area contributed by atoms with Crippen LogP contribution in [0.5, 0.6) is 0 Å². The van der Waals surface area contributed by atoms with Crippen LogP contribution in [0.3, 0.4) is 0 Å². The highest BCUT2D eigenvalue weighted by molar-refractivity contribution is 6.30. The van der Waals surface area contributed by atoms with E-state index in [1.807, 2.05) is 0 Å². The van der Waals surface area contributed by atoms with Crippen molar-refractivity contribution in [2.45, 2.75) is 19.3 Å². The lowest BCUT2D eigenvalue weighted by Gasteiger charge is -2.32. The van der Waals surface area contributed by atoms with E-state index in [2.05, 4.69) is 4.99 Å². The van der Waals surface area contributed by atoms with Crippen molar-refractivity contribution in [3.05, 3.63) is 34.9 Å². The summed E-state index contributed by atoms with van der Waals surface area (Å²) in [6, 6.07) is 7.12. The number of nitrogens with zero attached hydrogens (tertiary/aromatic N) is 2. The van der Waals surface area contributed by atoms with E-state index in [-0.39, 0.29) is 6.09 Å². The average Bonchev–Trinajstić information content (AvgIpc) is 2.36.